The van der Waals surface area contributed by atoms with Gasteiger partial charge in [-0.3, -0.25) is 4.79 Å². The van der Waals surface area contributed by atoms with E-state index in [9.17, 15) is 15.0 Å². The summed E-state index contributed by atoms with van der Waals surface area (Å²) in [6.07, 6.45) is -3.71. The molecule has 11 heteroatoms. The van der Waals surface area contributed by atoms with Gasteiger partial charge in [-0.2, -0.15) is 0 Å². The van der Waals surface area contributed by atoms with Gasteiger partial charge >= 0.3 is 5.97 Å². The predicted octanol–water partition coefficient (Wildman–Crippen LogP) is -0.992. The summed E-state index contributed by atoms with van der Waals surface area (Å²) in [6.45, 7) is 2.72. The summed E-state index contributed by atoms with van der Waals surface area (Å²) >= 11 is 5.89. The van der Waals surface area contributed by atoms with Crippen molar-refractivity contribution in [2.45, 2.75) is 50.3 Å². The van der Waals surface area contributed by atoms with Gasteiger partial charge in [0, 0.05) is 6.20 Å². The zero-order valence-corrected chi connectivity index (χ0v) is 15.2. The molecule has 0 aromatic carbocycles. The van der Waals surface area contributed by atoms with Gasteiger partial charge in [-0.1, -0.05) is 13.8 Å². The molecule has 2 unspecified atom stereocenters. The second-order valence-electron chi connectivity index (χ2n) is 6.60. The van der Waals surface area contributed by atoms with Crippen molar-refractivity contribution in [1.29, 1.82) is 0 Å². The number of aliphatic imine (C=N–C) groups is 1. The number of hydrogen-bond acceptors (Lipinski definition) is 9. The molecule has 2 aliphatic rings. The molecule has 0 radical (unpaired) electrons. The first-order valence-electron chi connectivity index (χ1n) is 8.08. The van der Waals surface area contributed by atoms with Crippen molar-refractivity contribution >= 4 is 23.4 Å². The maximum Gasteiger partial charge on any atom is 0.323 e. The molecule has 148 valence electrons. The Bertz CT molecular complexity index is 586. The minimum atomic E-state index is -1.93. The third-order valence-corrected chi connectivity index (χ3v) is 4.86. The van der Waals surface area contributed by atoms with Crippen molar-refractivity contribution < 1.29 is 28.9 Å². The summed E-state index contributed by atoms with van der Waals surface area (Å²) in [5.41, 5.74) is 9.53. The Kier molecular flexibility index (Phi) is 6.46. The van der Waals surface area contributed by atoms with Crippen molar-refractivity contribution in [2.24, 2.45) is 22.4 Å². The van der Waals surface area contributed by atoms with Crippen LogP contribution < -0.4 is 11.5 Å². The van der Waals surface area contributed by atoms with Crippen LogP contribution in [0.5, 0.6) is 0 Å². The molecule has 9 nitrogen and oxygen atoms in total. The lowest BCUT2D eigenvalue weighted by atomic mass is 9.98. The Labute approximate surface area is 155 Å². The molecule has 0 aromatic rings. The lowest BCUT2D eigenvalue weighted by Crippen LogP contribution is -2.52. The highest BCUT2D eigenvalue weighted by Gasteiger charge is 2.60. The van der Waals surface area contributed by atoms with Gasteiger partial charge in [0.25, 0.3) is 0 Å². The van der Waals surface area contributed by atoms with Crippen LogP contribution in [0.2, 0.25) is 0 Å². The van der Waals surface area contributed by atoms with E-state index in [0.717, 1.165) is 4.90 Å². The van der Waals surface area contributed by atoms with Gasteiger partial charge in [-0.05, 0) is 12.0 Å². The fourth-order valence-corrected chi connectivity index (χ4v) is 2.96. The Morgan fingerprint density at radius 3 is 2.77 bits per heavy atom. The molecule has 0 bridgehead atoms. The van der Waals surface area contributed by atoms with Crippen LogP contribution in [0.25, 0.3) is 0 Å². The Morgan fingerprint density at radius 2 is 2.27 bits per heavy atom. The maximum atomic E-state index is 15.1. The number of carbonyl (C=O) groups excluding carboxylic acids is 1. The molecule has 0 amide bonds. The maximum absolute atomic E-state index is 15.1. The number of nitrogens with two attached hydrogens (primary N) is 2. The molecule has 0 saturated carbocycles. The first-order chi connectivity index (χ1) is 12.2. The first kappa shape index (κ1) is 20.8. The third kappa shape index (κ3) is 3.79. The molecule has 2 aliphatic heterocycles. The van der Waals surface area contributed by atoms with E-state index in [2.05, 4.69) is 4.99 Å². The molecule has 0 aromatic heterocycles. The van der Waals surface area contributed by atoms with Gasteiger partial charge in [0.1, 0.15) is 17.5 Å². The van der Waals surface area contributed by atoms with Gasteiger partial charge in [0.15, 0.2) is 18.5 Å². The SMILES string of the molecule is CC(C)C(N)C(=O)O[C@H]1[C@@H](F)[C@H](N2C=CC(N)=NC2O)O[C@@]1(CO)CCl. The quantitative estimate of drug-likeness (QED) is 0.332. The van der Waals surface area contributed by atoms with Crippen molar-refractivity contribution in [2.75, 3.05) is 12.5 Å². The van der Waals surface area contributed by atoms with Gasteiger partial charge in [0.05, 0.1) is 12.5 Å². The highest BCUT2D eigenvalue weighted by Crippen LogP contribution is 2.39. The third-order valence-electron chi connectivity index (χ3n) is 4.41. The normalized spacial score (nSPS) is 35.5. The van der Waals surface area contributed by atoms with E-state index in [4.69, 9.17) is 32.5 Å². The average Bonchev–Trinajstić information content (AvgIpc) is 2.87. The average molecular weight is 395 g/mol. The minimum Gasteiger partial charge on any atom is -0.455 e. The number of hydrogen-bond donors (Lipinski definition) is 4. The molecular formula is C15H24ClFN4O5. The number of esters is 1. The van der Waals surface area contributed by atoms with E-state index in [1.54, 1.807) is 13.8 Å². The number of aliphatic hydroxyl groups is 2. The minimum absolute atomic E-state index is 0.0544. The summed E-state index contributed by atoms with van der Waals surface area (Å²) in [4.78, 5) is 16.9. The van der Waals surface area contributed by atoms with Gasteiger partial charge in [-0.15, -0.1) is 11.6 Å². The van der Waals surface area contributed by atoms with Crippen LogP contribution in [0.4, 0.5) is 4.39 Å². The van der Waals surface area contributed by atoms with E-state index >= 15 is 4.39 Å². The van der Waals surface area contributed by atoms with E-state index in [1.165, 1.54) is 12.3 Å². The van der Waals surface area contributed by atoms with Crippen molar-refractivity contribution in [1.82, 2.24) is 4.90 Å². The summed E-state index contributed by atoms with van der Waals surface area (Å²) in [5.74, 6) is -1.37. The lowest BCUT2D eigenvalue weighted by molar-refractivity contribution is -0.172. The van der Waals surface area contributed by atoms with Crippen LogP contribution in [0, 0.1) is 5.92 Å². The molecule has 1 fully saturated rings. The highest BCUT2D eigenvalue weighted by molar-refractivity contribution is 6.18. The van der Waals surface area contributed by atoms with Gasteiger partial charge in [0.2, 0.25) is 6.35 Å². The fourth-order valence-electron chi connectivity index (χ4n) is 2.66. The highest BCUT2D eigenvalue weighted by atomic mass is 35.5. The summed E-state index contributed by atoms with van der Waals surface area (Å²) in [5, 5.41) is 19.7. The van der Waals surface area contributed by atoms with Gasteiger partial charge < -0.3 is 36.1 Å². The zero-order chi connectivity index (χ0) is 19.6. The number of ether oxygens (including phenoxy) is 2. The summed E-state index contributed by atoms with van der Waals surface area (Å²) < 4.78 is 25.9. The first-order valence-corrected chi connectivity index (χ1v) is 8.62. The second kappa shape index (κ2) is 8.05. The topological polar surface area (TPSA) is 144 Å². The largest absolute Gasteiger partial charge is 0.455 e. The van der Waals surface area contributed by atoms with E-state index < -0.39 is 49.1 Å². The number of carbonyl (C=O) groups is 1. The Hall–Kier alpha value is -1.46. The standard InChI is InChI=1S/C15H24ClFN4O5/c1-7(2)10(19)13(23)25-11-9(17)12(26-15(11,5-16)6-22)21-4-3-8(18)20-14(21)24/h3-4,7,9-12,14,22,24H,5-6,19H2,1-2H3,(H2,18,20)/t9-,10?,11+,12-,14?,15-/m1/s1. The number of rotatable bonds is 6. The van der Waals surface area contributed by atoms with Crippen molar-refractivity contribution in [3.8, 4) is 0 Å². The number of amidine groups is 1. The predicted molar refractivity (Wildman–Crippen MR) is 91.6 cm³/mol. The number of halogens is 2. The van der Waals surface area contributed by atoms with Gasteiger partial charge in [-0.25, -0.2) is 9.38 Å². The Balaban J connectivity index is 2.26. The summed E-state index contributed by atoms with van der Waals surface area (Å²) in [6, 6.07) is -0.974. The fraction of sp³-hybridized carbons (Fsp3) is 0.733. The van der Waals surface area contributed by atoms with Crippen LogP contribution in [-0.2, 0) is 14.3 Å². The molecule has 0 spiro atoms. The second-order valence-corrected chi connectivity index (χ2v) is 6.87. The van der Waals surface area contributed by atoms with E-state index in [0.29, 0.717) is 0 Å². The van der Waals surface area contributed by atoms with Crippen molar-refractivity contribution in [3.63, 3.8) is 0 Å². The zero-order valence-electron chi connectivity index (χ0n) is 14.5. The van der Waals surface area contributed by atoms with Crippen LogP contribution >= 0.6 is 11.6 Å². The van der Waals surface area contributed by atoms with E-state index in [-0.39, 0.29) is 17.6 Å². The van der Waals surface area contributed by atoms with Crippen LogP contribution in [0.3, 0.4) is 0 Å². The number of nitrogens with zero attached hydrogens (tertiary/aromatic N) is 2. The molecule has 6 N–H and O–H groups in total. The molecule has 0 aliphatic carbocycles. The Morgan fingerprint density at radius 1 is 1.62 bits per heavy atom. The lowest BCUT2D eigenvalue weighted by Gasteiger charge is -2.33. The molecule has 6 atom stereocenters. The van der Waals surface area contributed by atoms with Crippen LogP contribution in [0.1, 0.15) is 13.8 Å². The smallest absolute Gasteiger partial charge is 0.323 e. The number of aliphatic hydroxyl groups excluding tert-OH is 2. The molecule has 26 heavy (non-hydrogen) atoms. The van der Waals surface area contributed by atoms with Crippen LogP contribution in [0.15, 0.2) is 17.3 Å². The van der Waals surface area contributed by atoms with Crippen molar-refractivity contribution in [3.05, 3.63) is 12.3 Å². The van der Waals surface area contributed by atoms with E-state index in [1.807, 2.05) is 0 Å². The number of alkyl halides is 2. The van der Waals surface area contributed by atoms with Crippen LogP contribution in [-0.4, -0.2) is 75.9 Å². The molecule has 1 saturated heterocycles. The molecular weight excluding hydrogens is 371 g/mol. The molecule has 2 rings (SSSR count). The monoisotopic (exact) mass is 394 g/mol. The molecule has 2 heterocycles. The summed E-state index contributed by atoms with van der Waals surface area (Å²) in [7, 11) is 0.